The molecule has 0 aliphatic carbocycles. The predicted octanol–water partition coefficient (Wildman–Crippen LogP) is 3.26. The molecule has 2 atom stereocenters. The van der Waals surface area contributed by atoms with E-state index in [1.807, 2.05) is 11.0 Å². The zero-order valence-corrected chi connectivity index (χ0v) is 10.6. The van der Waals surface area contributed by atoms with Gasteiger partial charge in [0.15, 0.2) is 0 Å². The minimum Gasteiger partial charge on any atom is -0.331 e. The first-order valence-corrected chi connectivity index (χ1v) is 6.77. The average Bonchev–Trinajstić information content (AvgIpc) is 2.98. The molecule has 4 rings (SSSR count). The Kier molecular flexibility index (Phi) is 2.25. The molecule has 1 saturated heterocycles. The van der Waals surface area contributed by atoms with Gasteiger partial charge in [-0.15, -0.1) is 0 Å². The molecular formula is C17H15NO. The highest BCUT2D eigenvalue weighted by molar-refractivity contribution is 5.82. The van der Waals surface area contributed by atoms with Crippen molar-refractivity contribution in [3.05, 3.63) is 71.3 Å². The molecule has 2 heteroatoms. The lowest BCUT2D eigenvalue weighted by atomic mass is 9.87. The Morgan fingerprint density at radius 1 is 0.947 bits per heavy atom. The van der Waals surface area contributed by atoms with E-state index in [9.17, 15) is 4.79 Å². The summed E-state index contributed by atoms with van der Waals surface area (Å²) in [4.78, 5) is 14.3. The lowest BCUT2D eigenvalue weighted by Crippen LogP contribution is -2.21. The number of hydrogen-bond donors (Lipinski definition) is 0. The highest BCUT2D eigenvalue weighted by atomic mass is 16.2. The second-order valence-electron chi connectivity index (χ2n) is 5.39. The Hall–Kier alpha value is -2.09. The van der Waals surface area contributed by atoms with Crippen LogP contribution in [0.25, 0.3) is 0 Å². The molecule has 2 aliphatic rings. The second kappa shape index (κ2) is 3.95. The standard InChI is InChI=1S/C17H15NO/c19-16-10-15(12-6-2-1-3-7-12)17-14-9-5-4-8-13(14)11-18(16)17/h1-9,15,17H,10-11H2. The highest BCUT2D eigenvalue weighted by Gasteiger charge is 2.45. The molecule has 0 radical (unpaired) electrons. The zero-order chi connectivity index (χ0) is 12.8. The molecule has 1 fully saturated rings. The monoisotopic (exact) mass is 249 g/mol. The van der Waals surface area contributed by atoms with Gasteiger partial charge in [-0.2, -0.15) is 0 Å². The van der Waals surface area contributed by atoms with E-state index in [0.29, 0.717) is 12.3 Å². The van der Waals surface area contributed by atoms with Crippen LogP contribution in [0.5, 0.6) is 0 Å². The molecule has 2 aromatic carbocycles. The quantitative estimate of drug-likeness (QED) is 0.759. The first-order valence-electron chi connectivity index (χ1n) is 6.77. The molecule has 0 aromatic heterocycles. The van der Waals surface area contributed by atoms with Crippen LogP contribution in [0.3, 0.4) is 0 Å². The van der Waals surface area contributed by atoms with Crippen molar-refractivity contribution < 1.29 is 4.79 Å². The maximum absolute atomic E-state index is 12.2. The predicted molar refractivity (Wildman–Crippen MR) is 73.5 cm³/mol. The van der Waals surface area contributed by atoms with Crippen LogP contribution in [0.15, 0.2) is 54.6 Å². The largest absolute Gasteiger partial charge is 0.331 e. The smallest absolute Gasteiger partial charge is 0.224 e. The lowest BCUT2D eigenvalue weighted by molar-refractivity contribution is -0.129. The Morgan fingerprint density at radius 2 is 1.68 bits per heavy atom. The van der Waals surface area contributed by atoms with Crippen molar-refractivity contribution in [2.45, 2.75) is 24.9 Å². The summed E-state index contributed by atoms with van der Waals surface area (Å²) in [6.07, 6.45) is 0.642. The fourth-order valence-electron chi connectivity index (χ4n) is 3.51. The van der Waals surface area contributed by atoms with E-state index < -0.39 is 0 Å². The molecule has 19 heavy (non-hydrogen) atoms. The fraction of sp³-hybridized carbons (Fsp3) is 0.235. The lowest BCUT2D eigenvalue weighted by Gasteiger charge is -2.21. The molecule has 94 valence electrons. The van der Waals surface area contributed by atoms with Crippen LogP contribution in [0, 0.1) is 0 Å². The van der Waals surface area contributed by atoms with Crippen LogP contribution < -0.4 is 0 Å². The molecule has 0 N–H and O–H groups in total. The Labute approximate surface area is 112 Å². The van der Waals surface area contributed by atoms with Crippen LogP contribution in [-0.4, -0.2) is 10.8 Å². The molecule has 1 amide bonds. The Balaban J connectivity index is 1.81. The van der Waals surface area contributed by atoms with E-state index in [4.69, 9.17) is 0 Å². The third kappa shape index (κ3) is 1.53. The molecule has 2 unspecified atom stereocenters. The highest BCUT2D eigenvalue weighted by Crippen LogP contribution is 2.49. The number of nitrogens with zero attached hydrogens (tertiary/aromatic N) is 1. The number of hydrogen-bond acceptors (Lipinski definition) is 1. The third-order valence-electron chi connectivity index (χ3n) is 4.37. The fourth-order valence-corrected chi connectivity index (χ4v) is 3.51. The van der Waals surface area contributed by atoms with Crippen molar-refractivity contribution >= 4 is 5.91 Å². The molecule has 2 nitrogen and oxygen atoms in total. The molecule has 2 heterocycles. The second-order valence-corrected chi connectivity index (χ2v) is 5.39. The van der Waals surface area contributed by atoms with Gasteiger partial charge in [-0.05, 0) is 16.7 Å². The number of carbonyl (C=O) groups is 1. The summed E-state index contributed by atoms with van der Waals surface area (Å²) in [6.45, 7) is 0.781. The van der Waals surface area contributed by atoms with E-state index in [2.05, 4.69) is 48.5 Å². The van der Waals surface area contributed by atoms with E-state index in [1.165, 1.54) is 16.7 Å². The number of amides is 1. The van der Waals surface area contributed by atoms with E-state index in [-0.39, 0.29) is 11.9 Å². The minimum absolute atomic E-state index is 0.242. The van der Waals surface area contributed by atoms with Crippen molar-refractivity contribution in [2.24, 2.45) is 0 Å². The van der Waals surface area contributed by atoms with Gasteiger partial charge >= 0.3 is 0 Å². The van der Waals surface area contributed by atoms with Crippen LogP contribution in [-0.2, 0) is 11.3 Å². The summed E-state index contributed by atoms with van der Waals surface area (Å²) in [6, 6.07) is 19.1. The van der Waals surface area contributed by atoms with Crippen molar-refractivity contribution in [2.75, 3.05) is 0 Å². The van der Waals surface area contributed by atoms with E-state index in [1.54, 1.807) is 0 Å². The van der Waals surface area contributed by atoms with Crippen LogP contribution in [0.2, 0.25) is 0 Å². The van der Waals surface area contributed by atoms with Crippen molar-refractivity contribution in [3.63, 3.8) is 0 Å². The molecule has 0 saturated carbocycles. The van der Waals surface area contributed by atoms with Crippen LogP contribution >= 0.6 is 0 Å². The summed E-state index contributed by atoms with van der Waals surface area (Å²) in [5.41, 5.74) is 3.92. The minimum atomic E-state index is 0.242. The molecular weight excluding hydrogens is 234 g/mol. The van der Waals surface area contributed by atoms with Gasteiger partial charge in [-0.3, -0.25) is 4.79 Å². The Bertz CT molecular complexity index is 635. The zero-order valence-electron chi connectivity index (χ0n) is 10.6. The van der Waals surface area contributed by atoms with Crippen molar-refractivity contribution in [3.8, 4) is 0 Å². The average molecular weight is 249 g/mol. The van der Waals surface area contributed by atoms with Gasteiger partial charge in [0.1, 0.15) is 0 Å². The van der Waals surface area contributed by atoms with Crippen molar-refractivity contribution in [1.82, 2.24) is 4.90 Å². The van der Waals surface area contributed by atoms with Crippen molar-refractivity contribution in [1.29, 1.82) is 0 Å². The third-order valence-corrected chi connectivity index (χ3v) is 4.37. The Morgan fingerprint density at radius 3 is 2.53 bits per heavy atom. The molecule has 0 spiro atoms. The summed E-state index contributed by atoms with van der Waals surface area (Å²) < 4.78 is 0. The number of benzene rings is 2. The normalized spacial score (nSPS) is 24.4. The van der Waals surface area contributed by atoms with Gasteiger partial charge in [0.2, 0.25) is 5.91 Å². The van der Waals surface area contributed by atoms with Gasteiger partial charge in [0.05, 0.1) is 6.04 Å². The van der Waals surface area contributed by atoms with Gasteiger partial charge in [-0.1, -0.05) is 54.6 Å². The summed E-state index contributed by atoms with van der Waals surface area (Å²) in [5, 5.41) is 0. The SMILES string of the molecule is O=C1CC(c2ccccc2)C2c3ccccc3CN12. The van der Waals surface area contributed by atoms with Gasteiger partial charge in [0.25, 0.3) is 0 Å². The van der Waals surface area contributed by atoms with Crippen LogP contribution in [0.4, 0.5) is 0 Å². The summed E-state index contributed by atoms with van der Waals surface area (Å²) in [5.74, 6) is 0.590. The number of rotatable bonds is 1. The molecule has 0 bridgehead atoms. The first kappa shape index (κ1) is 10.8. The maximum Gasteiger partial charge on any atom is 0.224 e. The summed E-state index contributed by atoms with van der Waals surface area (Å²) in [7, 11) is 0. The number of carbonyl (C=O) groups excluding carboxylic acids is 1. The topological polar surface area (TPSA) is 20.3 Å². The molecule has 2 aliphatic heterocycles. The summed E-state index contributed by atoms with van der Waals surface area (Å²) >= 11 is 0. The van der Waals surface area contributed by atoms with Gasteiger partial charge < -0.3 is 4.90 Å². The first-order chi connectivity index (χ1) is 9.34. The van der Waals surface area contributed by atoms with E-state index in [0.717, 1.165) is 6.54 Å². The van der Waals surface area contributed by atoms with Crippen LogP contribution in [0.1, 0.15) is 35.1 Å². The van der Waals surface area contributed by atoms with E-state index >= 15 is 0 Å². The molecule has 2 aromatic rings. The van der Waals surface area contributed by atoms with Gasteiger partial charge in [-0.25, -0.2) is 0 Å². The maximum atomic E-state index is 12.2. The van der Waals surface area contributed by atoms with Gasteiger partial charge in [0, 0.05) is 18.9 Å². The number of fused-ring (bicyclic) bond motifs is 3.